The number of esters is 1. The molecule has 0 aliphatic rings. The smallest absolute Gasteiger partial charge is 0.302 e. The molecule has 0 N–H and O–H groups in total. The average molecular weight is 242 g/mol. The lowest BCUT2D eigenvalue weighted by Gasteiger charge is -2.11. The summed E-state index contributed by atoms with van der Waals surface area (Å²) in [6.45, 7) is 5.71. The number of ether oxygens (including phenoxy) is 1. The second-order valence-corrected chi connectivity index (χ2v) is 5.04. The highest BCUT2D eigenvalue weighted by Gasteiger charge is 2.04. The van der Waals surface area contributed by atoms with Gasteiger partial charge in [0, 0.05) is 6.92 Å². The monoisotopic (exact) mass is 242 g/mol. The third-order valence-electron chi connectivity index (χ3n) is 3.08. The second kappa shape index (κ2) is 11.9. The van der Waals surface area contributed by atoms with E-state index in [4.69, 9.17) is 4.74 Å². The molecule has 2 nitrogen and oxygen atoms in total. The SMILES string of the molecule is CCCCCCCCCCCC(C)OC(C)=O. The molecule has 0 amide bonds. The molecule has 0 saturated carbocycles. The Kier molecular flexibility index (Phi) is 11.6. The molecule has 0 saturated heterocycles. The zero-order valence-corrected chi connectivity index (χ0v) is 12.0. The van der Waals surface area contributed by atoms with Gasteiger partial charge < -0.3 is 4.74 Å². The third kappa shape index (κ3) is 13.4. The van der Waals surface area contributed by atoms with E-state index in [9.17, 15) is 4.79 Å². The highest BCUT2D eigenvalue weighted by Crippen LogP contribution is 2.12. The Balaban J connectivity index is 3.10. The summed E-state index contributed by atoms with van der Waals surface area (Å²) < 4.78 is 5.08. The predicted molar refractivity (Wildman–Crippen MR) is 73.1 cm³/mol. The van der Waals surface area contributed by atoms with Crippen LogP contribution in [-0.4, -0.2) is 12.1 Å². The van der Waals surface area contributed by atoms with Crippen LogP contribution in [0.2, 0.25) is 0 Å². The van der Waals surface area contributed by atoms with Crippen molar-refractivity contribution >= 4 is 5.97 Å². The minimum absolute atomic E-state index is 0.0945. The van der Waals surface area contributed by atoms with E-state index in [1.54, 1.807) is 0 Å². The Hall–Kier alpha value is -0.530. The zero-order chi connectivity index (χ0) is 12.9. The summed E-state index contributed by atoms with van der Waals surface area (Å²) in [5, 5.41) is 0. The molecule has 0 heterocycles. The van der Waals surface area contributed by atoms with Gasteiger partial charge in [-0.15, -0.1) is 0 Å². The van der Waals surface area contributed by atoms with E-state index < -0.39 is 0 Å². The highest BCUT2D eigenvalue weighted by molar-refractivity contribution is 5.66. The van der Waals surface area contributed by atoms with E-state index in [0.717, 1.165) is 6.42 Å². The van der Waals surface area contributed by atoms with Crippen LogP contribution >= 0.6 is 0 Å². The molecule has 17 heavy (non-hydrogen) atoms. The summed E-state index contributed by atoms with van der Waals surface area (Å²) in [6.07, 6.45) is 13.2. The molecule has 0 aliphatic heterocycles. The molecule has 0 radical (unpaired) electrons. The molecule has 2 heteroatoms. The van der Waals surface area contributed by atoms with Crippen LogP contribution in [0.1, 0.15) is 85.0 Å². The Bertz CT molecular complexity index is 178. The summed E-state index contributed by atoms with van der Waals surface area (Å²) >= 11 is 0. The summed E-state index contributed by atoms with van der Waals surface area (Å²) in [5.74, 6) is -0.159. The van der Waals surface area contributed by atoms with Gasteiger partial charge in [-0.3, -0.25) is 4.79 Å². The molecule has 0 aromatic rings. The largest absolute Gasteiger partial charge is 0.463 e. The van der Waals surface area contributed by atoms with Gasteiger partial charge in [0.1, 0.15) is 0 Å². The molecule has 1 unspecified atom stereocenters. The molecule has 0 bridgehead atoms. The number of unbranched alkanes of at least 4 members (excludes halogenated alkanes) is 8. The predicted octanol–water partition coefficient (Wildman–Crippen LogP) is 4.86. The van der Waals surface area contributed by atoms with Crippen molar-refractivity contribution in [3.8, 4) is 0 Å². The number of carbonyl (C=O) groups is 1. The minimum atomic E-state index is -0.159. The maximum atomic E-state index is 10.7. The van der Waals surface area contributed by atoms with Gasteiger partial charge in [0.2, 0.25) is 0 Å². The summed E-state index contributed by atoms with van der Waals surface area (Å²) in [4.78, 5) is 10.7. The topological polar surface area (TPSA) is 26.3 Å². The molecule has 0 aromatic heterocycles. The zero-order valence-electron chi connectivity index (χ0n) is 12.0. The van der Waals surface area contributed by atoms with E-state index in [0.29, 0.717) is 0 Å². The molecule has 1 atom stereocenters. The normalized spacial score (nSPS) is 12.4. The molecule has 0 rings (SSSR count). The number of rotatable bonds is 11. The molecule has 0 aromatic carbocycles. The van der Waals surface area contributed by atoms with E-state index >= 15 is 0 Å². The standard InChI is InChI=1S/C15H30O2/c1-4-5-6-7-8-9-10-11-12-13-14(2)17-15(3)16/h14H,4-13H2,1-3H3. The van der Waals surface area contributed by atoms with Crippen molar-refractivity contribution in [2.75, 3.05) is 0 Å². The maximum absolute atomic E-state index is 10.7. The average Bonchev–Trinajstić information content (AvgIpc) is 2.26. The Labute approximate surface area is 107 Å². The molecule has 0 fully saturated rings. The summed E-state index contributed by atoms with van der Waals surface area (Å²) in [6, 6.07) is 0. The fourth-order valence-electron chi connectivity index (χ4n) is 2.08. The fourth-order valence-corrected chi connectivity index (χ4v) is 2.08. The summed E-state index contributed by atoms with van der Waals surface area (Å²) in [7, 11) is 0. The Morgan fingerprint density at radius 1 is 0.941 bits per heavy atom. The highest BCUT2D eigenvalue weighted by atomic mass is 16.5. The van der Waals surface area contributed by atoms with Crippen molar-refractivity contribution in [1.29, 1.82) is 0 Å². The first kappa shape index (κ1) is 16.5. The summed E-state index contributed by atoms with van der Waals surface area (Å²) in [5.41, 5.74) is 0. The molecule has 0 spiro atoms. The number of hydrogen-bond donors (Lipinski definition) is 0. The van der Waals surface area contributed by atoms with Crippen molar-refractivity contribution in [2.24, 2.45) is 0 Å². The lowest BCUT2D eigenvalue weighted by atomic mass is 10.1. The molecular formula is C15H30O2. The van der Waals surface area contributed by atoms with Crippen molar-refractivity contribution in [2.45, 2.75) is 91.1 Å². The van der Waals surface area contributed by atoms with Gasteiger partial charge in [-0.25, -0.2) is 0 Å². The van der Waals surface area contributed by atoms with Crippen LogP contribution in [0.15, 0.2) is 0 Å². The van der Waals surface area contributed by atoms with Gasteiger partial charge >= 0.3 is 5.97 Å². The molecule has 102 valence electrons. The van der Waals surface area contributed by atoms with Gasteiger partial charge in [-0.1, -0.05) is 58.3 Å². The van der Waals surface area contributed by atoms with Gasteiger partial charge in [-0.2, -0.15) is 0 Å². The number of hydrogen-bond acceptors (Lipinski definition) is 2. The van der Waals surface area contributed by atoms with Gasteiger partial charge in [0.25, 0.3) is 0 Å². The van der Waals surface area contributed by atoms with Crippen LogP contribution < -0.4 is 0 Å². The Morgan fingerprint density at radius 2 is 1.41 bits per heavy atom. The lowest BCUT2D eigenvalue weighted by molar-refractivity contribution is -0.145. The maximum Gasteiger partial charge on any atom is 0.302 e. The van der Waals surface area contributed by atoms with E-state index in [-0.39, 0.29) is 12.1 Å². The molecule has 0 aliphatic carbocycles. The van der Waals surface area contributed by atoms with Gasteiger partial charge in [0.05, 0.1) is 6.10 Å². The molecular weight excluding hydrogens is 212 g/mol. The van der Waals surface area contributed by atoms with Crippen molar-refractivity contribution in [3.05, 3.63) is 0 Å². The van der Waals surface area contributed by atoms with E-state index in [1.807, 2.05) is 6.92 Å². The van der Waals surface area contributed by atoms with Crippen LogP contribution in [0.3, 0.4) is 0 Å². The first-order valence-corrected chi connectivity index (χ1v) is 7.34. The quantitative estimate of drug-likeness (QED) is 0.382. The van der Waals surface area contributed by atoms with Crippen LogP contribution in [0.4, 0.5) is 0 Å². The van der Waals surface area contributed by atoms with Gasteiger partial charge in [0.15, 0.2) is 0 Å². The van der Waals surface area contributed by atoms with Crippen LogP contribution in [-0.2, 0) is 9.53 Å². The Morgan fingerprint density at radius 3 is 1.88 bits per heavy atom. The minimum Gasteiger partial charge on any atom is -0.463 e. The second-order valence-electron chi connectivity index (χ2n) is 5.04. The third-order valence-corrected chi connectivity index (χ3v) is 3.08. The first-order valence-electron chi connectivity index (χ1n) is 7.34. The van der Waals surface area contributed by atoms with E-state index in [1.165, 1.54) is 64.7 Å². The van der Waals surface area contributed by atoms with Gasteiger partial charge in [-0.05, 0) is 19.8 Å². The van der Waals surface area contributed by atoms with Crippen molar-refractivity contribution in [3.63, 3.8) is 0 Å². The number of carbonyl (C=O) groups excluding carboxylic acids is 1. The van der Waals surface area contributed by atoms with Crippen LogP contribution in [0.5, 0.6) is 0 Å². The van der Waals surface area contributed by atoms with Crippen molar-refractivity contribution < 1.29 is 9.53 Å². The van der Waals surface area contributed by atoms with E-state index in [2.05, 4.69) is 6.92 Å². The van der Waals surface area contributed by atoms with Crippen molar-refractivity contribution in [1.82, 2.24) is 0 Å². The fraction of sp³-hybridized carbons (Fsp3) is 0.933. The first-order chi connectivity index (χ1) is 8.16. The lowest BCUT2D eigenvalue weighted by Crippen LogP contribution is -2.11. The van der Waals surface area contributed by atoms with Crippen LogP contribution in [0, 0.1) is 0 Å². The van der Waals surface area contributed by atoms with Crippen LogP contribution in [0.25, 0.3) is 0 Å².